The van der Waals surface area contributed by atoms with E-state index in [1.165, 1.54) is 10.8 Å². The molecule has 0 N–H and O–H groups in total. The van der Waals surface area contributed by atoms with Gasteiger partial charge in [-0.1, -0.05) is 182 Å². The molecule has 7 aromatic carbocycles. The molecule has 0 aliphatic carbocycles. The zero-order chi connectivity index (χ0) is 41.2. The summed E-state index contributed by atoms with van der Waals surface area (Å²) in [6, 6.07) is 70.8. The van der Waals surface area contributed by atoms with Gasteiger partial charge in [-0.05, 0) is 68.2 Å². The zero-order valence-electron chi connectivity index (χ0n) is 33.5. The van der Waals surface area contributed by atoms with E-state index in [0.717, 1.165) is 83.6 Å². The van der Waals surface area contributed by atoms with Crippen molar-refractivity contribution in [2.24, 2.45) is 0 Å². The number of benzene rings is 7. The van der Waals surface area contributed by atoms with Crippen LogP contribution in [0.4, 0.5) is 0 Å². The summed E-state index contributed by atoms with van der Waals surface area (Å²) in [4.78, 5) is 29.7. The molecule has 0 saturated carbocycles. The van der Waals surface area contributed by atoms with Crippen molar-refractivity contribution >= 4 is 21.5 Å². The Labute approximate surface area is 359 Å². The second-order valence-electron chi connectivity index (χ2n) is 15.2. The Balaban J connectivity index is 0.890. The fourth-order valence-electron chi connectivity index (χ4n) is 8.06. The molecule has 0 bridgehead atoms. The van der Waals surface area contributed by atoms with Gasteiger partial charge in [0.05, 0.1) is 22.8 Å². The lowest BCUT2D eigenvalue weighted by molar-refractivity contribution is 1.07. The van der Waals surface area contributed by atoms with Crippen molar-refractivity contribution in [2.45, 2.75) is 0 Å². The van der Waals surface area contributed by atoms with E-state index in [2.05, 4.69) is 133 Å². The minimum Gasteiger partial charge on any atom is -0.254 e. The van der Waals surface area contributed by atoms with Gasteiger partial charge in [-0.2, -0.15) is 0 Å². The number of rotatable bonds is 8. The highest BCUT2D eigenvalue weighted by Crippen LogP contribution is 2.36. The lowest BCUT2D eigenvalue weighted by Crippen LogP contribution is -2.00. The third-order valence-corrected chi connectivity index (χ3v) is 11.3. The maximum absolute atomic E-state index is 5.20. The van der Waals surface area contributed by atoms with Crippen LogP contribution in [-0.4, -0.2) is 29.9 Å². The van der Waals surface area contributed by atoms with Crippen molar-refractivity contribution in [3.05, 3.63) is 219 Å². The summed E-state index contributed by atoms with van der Waals surface area (Å²) < 4.78 is 0. The molecule has 6 heteroatoms. The number of pyridine rings is 3. The monoisotopic (exact) mass is 792 g/mol. The molecule has 4 aromatic heterocycles. The summed E-state index contributed by atoms with van der Waals surface area (Å²) in [5.41, 5.74) is 12.6. The van der Waals surface area contributed by atoms with Crippen LogP contribution in [0, 0.1) is 0 Å². The summed E-state index contributed by atoms with van der Waals surface area (Å²) in [6.07, 6.45) is 3.79. The third-order valence-electron chi connectivity index (χ3n) is 11.3. The highest BCUT2D eigenvalue weighted by molar-refractivity contribution is 5.99. The van der Waals surface area contributed by atoms with E-state index in [-0.39, 0.29) is 0 Å². The van der Waals surface area contributed by atoms with Gasteiger partial charge in [-0.15, -0.1) is 0 Å². The Morgan fingerprint density at radius 3 is 1.37 bits per heavy atom. The van der Waals surface area contributed by atoms with Crippen LogP contribution in [0.25, 0.3) is 112 Å². The molecule has 6 nitrogen and oxygen atoms in total. The van der Waals surface area contributed by atoms with Gasteiger partial charge >= 0.3 is 0 Å². The molecular formula is C56H36N6. The van der Waals surface area contributed by atoms with Crippen molar-refractivity contribution < 1.29 is 0 Å². The highest BCUT2D eigenvalue weighted by atomic mass is 15.0. The van der Waals surface area contributed by atoms with Crippen LogP contribution in [0.15, 0.2) is 219 Å². The first-order valence-corrected chi connectivity index (χ1v) is 20.6. The van der Waals surface area contributed by atoms with E-state index in [4.69, 9.17) is 29.9 Å². The lowest BCUT2D eigenvalue weighted by atomic mass is 9.96. The second kappa shape index (κ2) is 15.9. The van der Waals surface area contributed by atoms with Gasteiger partial charge in [0.2, 0.25) is 0 Å². The molecule has 0 atom stereocenters. The van der Waals surface area contributed by atoms with E-state index < -0.39 is 0 Å². The normalized spacial score (nSPS) is 11.2. The van der Waals surface area contributed by atoms with Crippen LogP contribution in [0.5, 0.6) is 0 Å². The summed E-state index contributed by atoms with van der Waals surface area (Å²) in [5.74, 6) is 1.92. The quantitative estimate of drug-likeness (QED) is 0.152. The SMILES string of the molecule is c1ccc(-c2nc(-c3ccccc3)nc(-c3ccc(-c4ccc(-c5ccc(-c6cc(-c7cccc8ccccc78)cc(-c7nccc8ccccc78)n6)nc5)cc4)cc3)n2)cc1. The average Bonchev–Trinajstić information content (AvgIpc) is 3.36. The molecular weight excluding hydrogens is 757 g/mol. The number of hydrogen-bond acceptors (Lipinski definition) is 6. The summed E-state index contributed by atoms with van der Waals surface area (Å²) in [7, 11) is 0. The van der Waals surface area contributed by atoms with Gasteiger partial charge < -0.3 is 0 Å². The molecule has 290 valence electrons. The van der Waals surface area contributed by atoms with Gasteiger partial charge in [-0.25, -0.2) is 19.9 Å². The highest BCUT2D eigenvalue weighted by Gasteiger charge is 2.16. The van der Waals surface area contributed by atoms with E-state index in [1.807, 2.05) is 85.2 Å². The molecule has 0 spiro atoms. The molecule has 0 aliphatic heterocycles. The van der Waals surface area contributed by atoms with Gasteiger partial charge in [-0.3, -0.25) is 9.97 Å². The maximum Gasteiger partial charge on any atom is 0.164 e. The van der Waals surface area contributed by atoms with Crippen molar-refractivity contribution in [1.82, 2.24) is 29.9 Å². The van der Waals surface area contributed by atoms with Gasteiger partial charge in [0.1, 0.15) is 0 Å². The number of nitrogens with zero attached hydrogens (tertiary/aromatic N) is 6. The first-order chi connectivity index (χ1) is 30.7. The van der Waals surface area contributed by atoms with Crippen LogP contribution in [-0.2, 0) is 0 Å². The predicted molar refractivity (Wildman–Crippen MR) is 252 cm³/mol. The van der Waals surface area contributed by atoms with Crippen LogP contribution in [0.2, 0.25) is 0 Å². The van der Waals surface area contributed by atoms with E-state index >= 15 is 0 Å². The molecule has 0 amide bonds. The zero-order valence-corrected chi connectivity index (χ0v) is 33.5. The minimum absolute atomic E-state index is 0.632. The molecule has 0 saturated heterocycles. The first-order valence-electron chi connectivity index (χ1n) is 20.6. The smallest absolute Gasteiger partial charge is 0.164 e. The molecule has 62 heavy (non-hydrogen) atoms. The van der Waals surface area contributed by atoms with Crippen LogP contribution in [0.1, 0.15) is 0 Å². The Morgan fingerprint density at radius 1 is 0.274 bits per heavy atom. The Kier molecular flexibility index (Phi) is 9.41. The van der Waals surface area contributed by atoms with Gasteiger partial charge in [0.25, 0.3) is 0 Å². The Hall–Kier alpha value is -8.48. The number of hydrogen-bond donors (Lipinski definition) is 0. The topological polar surface area (TPSA) is 77.3 Å². The average molecular weight is 793 g/mol. The third kappa shape index (κ3) is 7.16. The van der Waals surface area contributed by atoms with E-state index in [9.17, 15) is 0 Å². The molecule has 11 rings (SSSR count). The lowest BCUT2D eigenvalue weighted by Gasteiger charge is -2.13. The largest absolute Gasteiger partial charge is 0.254 e. The van der Waals surface area contributed by atoms with Crippen LogP contribution in [0.3, 0.4) is 0 Å². The molecule has 11 aromatic rings. The first kappa shape index (κ1) is 36.6. The fraction of sp³-hybridized carbons (Fsp3) is 0. The fourth-order valence-corrected chi connectivity index (χ4v) is 8.06. The van der Waals surface area contributed by atoms with Gasteiger partial charge in [0, 0.05) is 40.0 Å². The number of aromatic nitrogens is 6. The molecule has 0 radical (unpaired) electrons. The minimum atomic E-state index is 0.632. The maximum atomic E-state index is 5.20. The van der Waals surface area contributed by atoms with E-state index in [0.29, 0.717) is 17.5 Å². The number of fused-ring (bicyclic) bond motifs is 2. The van der Waals surface area contributed by atoms with Crippen molar-refractivity contribution in [3.8, 4) is 90.3 Å². The summed E-state index contributed by atoms with van der Waals surface area (Å²) in [6.45, 7) is 0. The predicted octanol–water partition coefficient (Wildman–Crippen LogP) is 13.7. The molecule has 0 aliphatic rings. The molecule has 0 unspecified atom stereocenters. The van der Waals surface area contributed by atoms with Crippen molar-refractivity contribution in [1.29, 1.82) is 0 Å². The second-order valence-corrected chi connectivity index (χ2v) is 15.2. The van der Waals surface area contributed by atoms with E-state index in [1.54, 1.807) is 0 Å². The van der Waals surface area contributed by atoms with Crippen molar-refractivity contribution in [3.63, 3.8) is 0 Å². The molecule has 4 heterocycles. The van der Waals surface area contributed by atoms with Crippen molar-refractivity contribution in [2.75, 3.05) is 0 Å². The summed E-state index contributed by atoms with van der Waals surface area (Å²) >= 11 is 0. The van der Waals surface area contributed by atoms with Crippen LogP contribution >= 0.6 is 0 Å². The van der Waals surface area contributed by atoms with Gasteiger partial charge in [0.15, 0.2) is 17.5 Å². The van der Waals surface area contributed by atoms with Crippen LogP contribution < -0.4 is 0 Å². The molecule has 0 fully saturated rings. The Bertz CT molecular complexity index is 3200. The Morgan fingerprint density at radius 2 is 0.758 bits per heavy atom. The summed E-state index contributed by atoms with van der Waals surface area (Å²) in [5, 5.41) is 4.55. The standard InChI is InChI=1S/C56H36N6/c1-3-14-42(15-4-1)54-60-55(43-16-5-2-6-17-43)62-56(61-54)44-28-26-38(27-29-44)37-22-24-39(25-23-37)45-30-31-50(58-36-45)51-34-46(48-21-11-18-40-12-7-9-19-47(40)48)35-52(59-51)53-49-20-10-8-13-41(49)32-33-57-53/h1-36H.